The fraction of sp³-hybridized carbons (Fsp3) is 0.300. The maximum atomic E-state index is 11.7. The van der Waals surface area contributed by atoms with Gasteiger partial charge in [0.15, 0.2) is 10.4 Å². The Hall–Kier alpha value is -1.03. The molecule has 76 valence electrons. The SMILES string of the molecule is C=C(C)CN(C)C(=O)c1ccc(Br)o1. The summed E-state index contributed by atoms with van der Waals surface area (Å²) in [7, 11) is 1.72. The van der Waals surface area contributed by atoms with Gasteiger partial charge < -0.3 is 9.32 Å². The molecular weight excluding hydrogens is 246 g/mol. The van der Waals surface area contributed by atoms with Gasteiger partial charge >= 0.3 is 0 Å². The average molecular weight is 258 g/mol. The molecule has 0 aliphatic heterocycles. The Balaban J connectivity index is 2.70. The molecule has 0 bridgehead atoms. The van der Waals surface area contributed by atoms with Gasteiger partial charge in [0.1, 0.15) is 0 Å². The second-order valence-electron chi connectivity index (χ2n) is 3.22. The van der Waals surface area contributed by atoms with Crippen molar-refractivity contribution in [3.8, 4) is 0 Å². The van der Waals surface area contributed by atoms with E-state index in [1.165, 1.54) is 0 Å². The van der Waals surface area contributed by atoms with Crippen molar-refractivity contribution < 1.29 is 9.21 Å². The zero-order valence-corrected chi connectivity index (χ0v) is 9.80. The van der Waals surface area contributed by atoms with Gasteiger partial charge in [-0.25, -0.2) is 0 Å². The van der Waals surface area contributed by atoms with E-state index in [2.05, 4.69) is 22.5 Å². The van der Waals surface area contributed by atoms with Crippen LogP contribution in [0, 0.1) is 0 Å². The first-order valence-electron chi connectivity index (χ1n) is 4.16. The van der Waals surface area contributed by atoms with Crippen LogP contribution in [0.25, 0.3) is 0 Å². The van der Waals surface area contributed by atoms with E-state index in [9.17, 15) is 4.79 Å². The summed E-state index contributed by atoms with van der Waals surface area (Å²) < 4.78 is 5.70. The van der Waals surface area contributed by atoms with Crippen molar-refractivity contribution in [3.63, 3.8) is 0 Å². The van der Waals surface area contributed by atoms with Crippen molar-refractivity contribution in [2.75, 3.05) is 13.6 Å². The van der Waals surface area contributed by atoms with Crippen molar-refractivity contribution in [1.29, 1.82) is 0 Å². The molecule has 0 atom stereocenters. The molecule has 1 amide bonds. The van der Waals surface area contributed by atoms with E-state index in [4.69, 9.17) is 4.42 Å². The molecule has 0 aromatic carbocycles. The summed E-state index contributed by atoms with van der Waals surface area (Å²) in [5.74, 6) is 0.194. The van der Waals surface area contributed by atoms with E-state index < -0.39 is 0 Å². The summed E-state index contributed by atoms with van der Waals surface area (Å²) in [6.07, 6.45) is 0. The molecule has 1 rings (SSSR count). The van der Waals surface area contributed by atoms with Crippen molar-refractivity contribution >= 4 is 21.8 Å². The number of nitrogens with zero attached hydrogens (tertiary/aromatic N) is 1. The van der Waals surface area contributed by atoms with Gasteiger partial charge in [-0.2, -0.15) is 0 Å². The van der Waals surface area contributed by atoms with E-state index in [-0.39, 0.29) is 5.91 Å². The van der Waals surface area contributed by atoms with Gasteiger partial charge in [-0.15, -0.1) is 0 Å². The number of amides is 1. The van der Waals surface area contributed by atoms with Crippen LogP contribution < -0.4 is 0 Å². The molecule has 14 heavy (non-hydrogen) atoms. The zero-order valence-electron chi connectivity index (χ0n) is 8.21. The van der Waals surface area contributed by atoms with E-state index in [0.29, 0.717) is 17.0 Å². The molecule has 1 aromatic heterocycles. The average Bonchev–Trinajstić information content (AvgIpc) is 2.49. The summed E-state index contributed by atoms with van der Waals surface area (Å²) in [4.78, 5) is 13.2. The van der Waals surface area contributed by atoms with Crippen LogP contribution in [0.1, 0.15) is 17.5 Å². The van der Waals surface area contributed by atoms with Crippen molar-refractivity contribution in [3.05, 3.63) is 34.7 Å². The Morgan fingerprint density at radius 2 is 2.29 bits per heavy atom. The van der Waals surface area contributed by atoms with E-state index in [1.54, 1.807) is 24.1 Å². The highest BCUT2D eigenvalue weighted by atomic mass is 79.9. The van der Waals surface area contributed by atoms with Crippen LogP contribution in [0.3, 0.4) is 0 Å². The molecule has 0 radical (unpaired) electrons. The van der Waals surface area contributed by atoms with Crippen LogP contribution in [0.2, 0.25) is 0 Å². The van der Waals surface area contributed by atoms with E-state index in [1.807, 2.05) is 6.92 Å². The van der Waals surface area contributed by atoms with Gasteiger partial charge in [0.25, 0.3) is 5.91 Å². The monoisotopic (exact) mass is 257 g/mol. The molecule has 4 heteroatoms. The third kappa shape index (κ3) is 2.73. The largest absolute Gasteiger partial charge is 0.444 e. The number of halogens is 1. The lowest BCUT2D eigenvalue weighted by atomic mass is 10.3. The smallest absolute Gasteiger partial charge is 0.289 e. The molecule has 1 aromatic rings. The standard InChI is InChI=1S/C10H12BrNO2/c1-7(2)6-12(3)10(13)8-4-5-9(11)14-8/h4-5H,1,6H2,2-3H3. The lowest BCUT2D eigenvalue weighted by molar-refractivity contribution is 0.0774. The molecule has 0 aliphatic rings. The number of likely N-dealkylation sites (N-methyl/N-ethyl adjacent to an activating group) is 1. The van der Waals surface area contributed by atoms with Crippen LogP contribution in [0.15, 0.2) is 33.4 Å². The fourth-order valence-corrected chi connectivity index (χ4v) is 1.40. The third-order valence-corrected chi connectivity index (χ3v) is 2.06. The molecule has 0 N–H and O–H groups in total. The first-order valence-corrected chi connectivity index (χ1v) is 4.95. The number of furan rings is 1. The topological polar surface area (TPSA) is 33.5 Å². The molecule has 0 saturated heterocycles. The number of carbonyl (C=O) groups excluding carboxylic acids is 1. The normalized spacial score (nSPS) is 9.93. The molecule has 0 fully saturated rings. The van der Waals surface area contributed by atoms with Gasteiger partial charge in [0, 0.05) is 13.6 Å². The second-order valence-corrected chi connectivity index (χ2v) is 4.00. The van der Waals surface area contributed by atoms with E-state index >= 15 is 0 Å². The highest BCUT2D eigenvalue weighted by Gasteiger charge is 2.14. The molecule has 0 saturated carbocycles. The van der Waals surface area contributed by atoms with Crippen LogP contribution in [0.4, 0.5) is 0 Å². The summed E-state index contributed by atoms with van der Waals surface area (Å²) in [5.41, 5.74) is 0.937. The quantitative estimate of drug-likeness (QED) is 0.781. The lowest BCUT2D eigenvalue weighted by Gasteiger charge is -2.15. The molecule has 1 heterocycles. The number of carbonyl (C=O) groups is 1. The predicted molar refractivity (Wildman–Crippen MR) is 58.2 cm³/mol. The number of hydrogen-bond donors (Lipinski definition) is 0. The van der Waals surface area contributed by atoms with Gasteiger partial charge in [0.2, 0.25) is 0 Å². The Bertz CT molecular complexity index is 357. The Morgan fingerprint density at radius 1 is 1.64 bits per heavy atom. The minimum atomic E-state index is -0.140. The van der Waals surface area contributed by atoms with Crippen LogP contribution in [-0.2, 0) is 0 Å². The Kier molecular flexibility index (Phi) is 3.52. The second kappa shape index (κ2) is 4.46. The summed E-state index contributed by atoms with van der Waals surface area (Å²) in [6.45, 7) is 6.16. The van der Waals surface area contributed by atoms with Gasteiger partial charge in [-0.3, -0.25) is 4.79 Å². The van der Waals surface area contributed by atoms with Crippen molar-refractivity contribution in [2.45, 2.75) is 6.92 Å². The summed E-state index contributed by atoms with van der Waals surface area (Å²) in [6, 6.07) is 3.34. The number of rotatable bonds is 3. The van der Waals surface area contributed by atoms with Gasteiger partial charge in [-0.05, 0) is 35.0 Å². The highest BCUT2D eigenvalue weighted by Crippen LogP contribution is 2.15. The molecule has 3 nitrogen and oxygen atoms in total. The Morgan fingerprint density at radius 3 is 2.71 bits per heavy atom. The lowest BCUT2D eigenvalue weighted by Crippen LogP contribution is -2.27. The van der Waals surface area contributed by atoms with Crippen LogP contribution in [0.5, 0.6) is 0 Å². The first kappa shape index (κ1) is 11.0. The van der Waals surface area contributed by atoms with Crippen molar-refractivity contribution in [2.24, 2.45) is 0 Å². The van der Waals surface area contributed by atoms with Gasteiger partial charge in [0.05, 0.1) is 0 Å². The molecular formula is C10H12BrNO2. The zero-order chi connectivity index (χ0) is 10.7. The van der Waals surface area contributed by atoms with Gasteiger partial charge in [-0.1, -0.05) is 12.2 Å². The Labute approximate surface area is 91.5 Å². The number of hydrogen-bond acceptors (Lipinski definition) is 2. The maximum Gasteiger partial charge on any atom is 0.289 e. The molecule has 0 aliphatic carbocycles. The predicted octanol–water partition coefficient (Wildman–Crippen LogP) is 2.69. The minimum Gasteiger partial charge on any atom is -0.444 e. The maximum absolute atomic E-state index is 11.7. The molecule has 0 spiro atoms. The summed E-state index contributed by atoms with van der Waals surface area (Å²) in [5, 5.41) is 0. The van der Waals surface area contributed by atoms with Crippen LogP contribution >= 0.6 is 15.9 Å². The third-order valence-electron chi connectivity index (χ3n) is 1.64. The minimum absolute atomic E-state index is 0.140. The van der Waals surface area contributed by atoms with E-state index in [0.717, 1.165) is 5.57 Å². The summed E-state index contributed by atoms with van der Waals surface area (Å²) >= 11 is 3.15. The van der Waals surface area contributed by atoms with Crippen molar-refractivity contribution in [1.82, 2.24) is 4.90 Å². The molecule has 0 unspecified atom stereocenters. The van der Waals surface area contributed by atoms with Crippen LogP contribution in [-0.4, -0.2) is 24.4 Å². The highest BCUT2D eigenvalue weighted by molar-refractivity contribution is 9.10. The first-order chi connectivity index (χ1) is 6.50. The fourth-order valence-electron chi connectivity index (χ4n) is 1.09.